The molecule has 0 spiro atoms. The third-order valence-corrected chi connectivity index (χ3v) is 4.25. The fourth-order valence-corrected chi connectivity index (χ4v) is 2.79. The van der Waals surface area contributed by atoms with Crippen molar-refractivity contribution in [1.82, 2.24) is 4.72 Å². The van der Waals surface area contributed by atoms with Crippen LogP contribution < -0.4 is 10.5 Å². The molecule has 2 rings (SSSR count). The van der Waals surface area contributed by atoms with Gasteiger partial charge in [0.05, 0.1) is 17.5 Å². The van der Waals surface area contributed by atoms with Gasteiger partial charge in [0.25, 0.3) is 0 Å². The molecule has 1 saturated carbocycles. The molecule has 0 amide bonds. The van der Waals surface area contributed by atoms with Crippen molar-refractivity contribution >= 4 is 10.0 Å². The molecule has 4 N–H and O–H groups in total. The summed E-state index contributed by atoms with van der Waals surface area (Å²) in [5.74, 6) is 0. The zero-order valence-electron chi connectivity index (χ0n) is 9.33. The number of rotatable bonds is 5. The van der Waals surface area contributed by atoms with E-state index in [1.165, 1.54) is 12.1 Å². The van der Waals surface area contributed by atoms with Gasteiger partial charge in [-0.2, -0.15) is 0 Å². The maximum Gasteiger partial charge on any atom is 0.240 e. The summed E-state index contributed by atoms with van der Waals surface area (Å²) in [5, 5.41) is 8.89. The Morgan fingerprint density at radius 2 is 1.94 bits per heavy atom. The van der Waals surface area contributed by atoms with Crippen LogP contribution in [-0.4, -0.2) is 26.2 Å². The van der Waals surface area contributed by atoms with Crippen LogP contribution in [-0.2, 0) is 10.0 Å². The first-order valence-corrected chi connectivity index (χ1v) is 7.00. The predicted molar refractivity (Wildman–Crippen MR) is 63.8 cm³/mol. The molecule has 17 heavy (non-hydrogen) atoms. The third-order valence-electron chi connectivity index (χ3n) is 2.71. The Kier molecular flexibility index (Phi) is 3.48. The maximum atomic E-state index is 11.8. The van der Waals surface area contributed by atoms with Crippen molar-refractivity contribution in [3.63, 3.8) is 0 Å². The standard InChI is InChI=1S/C11H16N2O3S/c12-11(7-14)8-1-5-10(6-2-8)17(15,16)13-9-3-4-9/h1-2,5-6,9,11,13-14H,3-4,7,12H2/t11-/m0/s1. The van der Waals surface area contributed by atoms with Gasteiger partial charge in [-0.25, -0.2) is 13.1 Å². The Hall–Kier alpha value is -0.950. The second kappa shape index (κ2) is 4.73. The predicted octanol–water partition coefficient (Wildman–Crippen LogP) is 0.119. The van der Waals surface area contributed by atoms with Gasteiger partial charge in [-0.05, 0) is 30.5 Å². The first kappa shape index (κ1) is 12.5. The molecule has 0 saturated heterocycles. The molecule has 0 heterocycles. The zero-order valence-corrected chi connectivity index (χ0v) is 10.2. The lowest BCUT2D eigenvalue weighted by Gasteiger charge is -2.10. The Labute approximate surface area is 101 Å². The number of nitrogens with one attached hydrogen (secondary N) is 1. The van der Waals surface area contributed by atoms with Crippen LogP contribution in [0.1, 0.15) is 24.4 Å². The van der Waals surface area contributed by atoms with Crippen LogP contribution in [0.3, 0.4) is 0 Å². The molecule has 1 aromatic carbocycles. The van der Waals surface area contributed by atoms with Crippen LogP contribution in [0.5, 0.6) is 0 Å². The Morgan fingerprint density at radius 1 is 1.35 bits per heavy atom. The van der Waals surface area contributed by atoms with E-state index in [9.17, 15) is 8.42 Å². The van der Waals surface area contributed by atoms with Crippen LogP contribution in [0.25, 0.3) is 0 Å². The van der Waals surface area contributed by atoms with Crippen molar-refractivity contribution in [3.8, 4) is 0 Å². The van der Waals surface area contributed by atoms with Gasteiger partial charge >= 0.3 is 0 Å². The summed E-state index contributed by atoms with van der Waals surface area (Å²) >= 11 is 0. The molecule has 1 atom stereocenters. The highest BCUT2D eigenvalue weighted by atomic mass is 32.2. The van der Waals surface area contributed by atoms with E-state index in [1.54, 1.807) is 12.1 Å². The number of benzene rings is 1. The van der Waals surface area contributed by atoms with Gasteiger partial charge in [0.1, 0.15) is 0 Å². The lowest BCUT2D eigenvalue weighted by molar-refractivity contribution is 0.268. The Morgan fingerprint density at radius 3 is 2.41 bits per heavy atom. The first-order valence-electron chi connectivity index (χ1n) is 5.51. The van der Waals surface area contributed by atoms with Crippen molar-refractivity contribution in [1.29, 1.82) is 0 Å². The average molecular weight is 256 g/mol. The van der Waals surface area contributed by atoms with Gasteiger partial charge in [-0.15, -0.1) is 0 Å². The summed E-state index contributed by atoms with van der Waals surface area (Å²) in [4.78, 5) is 0.235. The van der Waals surface area contributed by atoms with Crippen LogP contribution in [0.15, 0.2) is 29.2 Å². The largest absolute Gasteiger partial charge is 0.394 e. The van der Waals surface area contributed by atoms with Crippen LogP contribution in [0.4, 0.5) is 0 Å². The summed E-state index contributed by atoms with van der Waals surface area (Å²) in [6.45, 7) is -0.160. The van der Waals surface area contributed by atoms with Crippen molar-refractivity contribution in [2.24, 2.45) is 5.73 Å². The van der Waals surface area contributed by atoms with E-state index >= 15 is 0 Å². The molecule has 0 radical (unpaired) electrons. The van der Waals surface area contributed by atoms with E-state index in [0.717, 1.165) is 18.4 Å². The number of hydrogen-bond donors (Lipinski definition) is 3. The summed E-state index contributed by atoms with van der Waals surface area (Å²) in [5.41, 5.74) is 6.35. The highest BCUT2D eigenvalue weighted by Crippen LogP contribution is 2.22. The van der Waals surface area contributed by atoms with E-state index < -0.39 is 16.1 Å². The summed E-state index contributed by atoms with van der Waals surface area (Å²) in [6, 6.07) is 5.90. The van der Waals surface area contributed by atoms with Crippen molar-refractivity contribution < 1.29 is 13.5 Å². The van der Waals surface area contributed by atoms with Crippen molar-refractivity contribution in [3.05, 3.63) is 29.8 Å². The van der Waals surface area contributed by atoms with Crippen LogP contribution in [0.2, 0.25) is 0 Å². The maximum absolute atomic E-state index is 11.8. The van der Waals surface area contributed by atoms with E-state index in [0.29, 0.717) is 0 Å². The molecule has 94 valence electrons. The Balaban J connectivity index is 2.16. The molecular formula is C11H16N2O3S. The highest BCUT2D eigenvalue weighted by molar-refractivity contribution is 7.89. The lowest BCUT2D eigenvalue weighted by atomic mass is 10.1. The van der Waals surface area contributed by atoms with E-state index in [4.69, 9.17) is 10.8 Å². The van der Waals surface area contributed by atoms with Gasteiger partial charge in [0.15, 0.2) is 0 Å². The number of hydrogen-bond acceptors (Lipinski definition) is 4. The fraction of sp³-hybridized carbons (Fsp3) is 0.455. The van der Waals surface area contributed by atoms with Gasteiger partial charge in [-0.1, -0.05) is 12.1 Å². The molecule has 1 fully saturated rings. The molecule has 0 aromatic heterocycles. The quantitative estimate of drug-likeness (QED) is 0.697. The molecule has 5 nitrogen and oxygen atoms in total. The van der Waals surface area contributed by atoms with Crippen molar-refractivity contribution in [2.45, 2.75) is 29.8 Å². The number of sulfonamides is 1. The molecule has 1 aliphatic carbocycles. The summed E-state index contributed by atoms with van der Waals surface area (Å²) in [6.07, 6.45) is 1.82. The topological polar surface area (TPSA) is 92.4 Å². The molecule has 0 bridgehead atoms. The first-order chi connectivity index (χ1) is 8.03. The SMILES string of the molecule is N[C@@H](CO)c1ccc(S(=O)(=O)NC2CC2)cc1. The molecular weight excluding hydrogens is 240 g/mol. The zero-order chi connectivity index (χ0) is 12.5. The van der Waals surface area contributed by atoms with Crippen molar-refractivity contribution in [2.75, 3.05) is 6.61 Å². The normalized spacial score (nSPS) is 18.0. The number of aliphatic hydroxyl groups is 1. The van der Waals surface area contributed by atoms with Gasteiger partial charge in [0, 0.05) is 6.04 Å². The second-order valence-corrected chi connectivity index (χ2v) is 5.97. The molecule has 0 aliphatic heterocycles. The van der Waals surface area contributed by atoms with E-state index in [2.05, 4.69) is 4.72 Å². The lowest BCUT2D eigenvalue weighted by Crippen LogP contribution is -2.25. The molecule has 0 unspecified atom stereocenters. The second-order valence-electron chi connectivity index (χ2n) is 4.25. The molecule has 6 heteroatoms. The minimum absolute atomic E-state index is 0.0966. The highest BCUT2D eigenvalue weighted by Gasteiger charge is 2.27. The number of nitrogens with two attached hydrogens (primary N) is 1. The summed E-state index contributed by atoms with van der Waals surface area (Å²) in [7, 11) is -3.40. The summed E-state index contributed by atoms with van der Waals surface area (Å²) < 4.78 is 26.3. The molecule has 1 aliphatic rings. The van der Waals surface area contributed by atoms with Crippen LogP contribution in [0, 0.1) is 0 Å². The average Bonchev–Trinajstić information content (AvgIpc) is 3.11. The molecule has 1 aromatic rings. The number of aliphatic hydroxyl groups excluding tert-OH is 1. The third kappa shape index (κ3) is 3.04. The van der Waals surface area contributed by atoms with E-state index in [1.807, 2.05) is 0 Å². The minimum atomic E-state index is -3.40. The Bertz CT molecular complexity index is 480. The van der Waals surface area contributed by atoms with Gasteiger partial charge < -0.3 is 10.8 Å². The van der Waals surface area contributed by atoms with E-state index in [-0.39, 0.29) is 17.5 Å². The smallest absolute Gasteiger partial charge is 0.240 e. The van der Waals surface area contributed by atoms with Crippen LogP contribution >= 0.6 is 0 Å². The monoisotopic (exact) mass is 256 g/mol. The van der Waals surface area contributed by atoms with Gasteiger partial charge in [-0.3, -0.25) is 0 Å². The minimum Gasteiger partial charge on any atom is -0.394 e. The fourth-order valence-electron chi connectivity index (χ4n) is 1.49. The van der Waals surface area contributed by atoms with Gasteiger partial charge in [0.2, 0.25) is 10.0 Å².